The first kappa shape index (κ1) is 14.5. The zero-order chi connectivity index (χ0) is 14.5. The fourth-order valence-electron chi connectivity index (χ4n) is 1.56. The molecule has 2 rings (SSSR count). The number of benzene rings is 1. The number of amidine groups is 1. The average molecular weight is 381 g/mol. The maximum atomic E-state index is 9.20. The van der Waals surface area contributed by atoms with Gasteiger partial charge in [-0.3, -0.25) is 15.8 Å². The molecule has 3 N–H and O–H groups in total. The van der Waals surface area contributed by atoms with Crippen molar-refractivity contribution in [2.75, 3.05) is 0 Å². The van der Waals surface area contributed by atoms with E-state index in [1.165, 1.54) is 0 Å². The highest BCUT2D eigenvalue weighted by Crippen LogP contribution is 2.23. The van der Waals surface area contributed by atoms with Gasteiger partial charge >= 0.3 is 0 Å². The van der Waals surface area contributed by atoms with Gasteiger partial charge in [-0.25, -0.2) is 4.99 Å². The fraction of sp³-hybridized carbons (Fsp3) is 0.154. The van der Waals surface area contributed by atoms with E-state index in [-0.39, 0.29) is 5.84 Å². The van der Waals surface area contributed by atoms with Crippen molar-refractivity contribution in [2.24, 2.45) is 4.99 Å². The number of nitrogens with zero attached hydrogens (tertiary/aromatic N) is 3. The van der Waals surface area contributed by atoms with Crippen LogP contribution in [-0.2, 0) is 0 Å². The van der Waals surface area contributed by atoms with E-state index in [0.29, 0.717) is 20.9 Å². The first-order valence-corrected chi connectivity index (χ1v) is 7.07. The fourth-order valence-corrected chi connectivity index (χ4v) is 1.88. The SMILES string of the molecule is CC(I)c1cc(N=C(NO)c2ccc(C#N)cc2)n[nH]1. The average Bonchev–Trinajstić information content (AvgIpc) is 2.94. The molecule has 6 nitrogen and oxygen atoms in total. The number of hydrogen-bond donors (Lipinski definition) is 3. The van der Waals surface area contributed by atoms with Crippen molar-refractivity contribution in [2.45, 2.75) is 10.8 Å². The van der Waals surface area contributed by atoms with E-state index in [4.69, 9.17) is 5.26 Å². The maximum absolute atomic E-state index is 9.20. The summed E-state index contributed by atoms with van der Waals surface area (Å²) in [6.45, 7) is 2.04. The van der Waals surface area contributed by atoms with E-state index in [1.807, 2.05) is 19.1 Å². The summed E-state index contributed by atoms with van der Waals surface area (Å²) in [7, 11) is 0. The number of rotatable bonds is 3. The zero-order valence-corrected chi connectivity index (χ0v) is 12.8. The largest absolute Gasteiger partial charge is 0.290 e. The van der Waals surface area contributed by atoms with E-state index in [2.05, 4.69) is 43.3 Å². The van der Waals surface area contributed by atoms with E-state index >= 15 is 0 Å². The summed E-state index contributed by atoms with van der Waals surface area (Å²) in [5.41, 5.74) is 4.23. The molecule has 1 aromatic heterocycles. The molecule has 0 aliphatic rings. The molecule has 2 aromatic rings. The molecule has 0 spiro atoms. The predicted octanol–water partition coefficient (Wildman–Crippen LogP) is 2.83. The number of nitriles is 1. The summed E-state index contributed by atoms with van der Waals surface area (Å²) in [6, 6.07) is 10.6. The third kappa shape index (κ3) is 3.34. The highest BCUT2D eigenvalue weighted by molar-refractivity contribution is 14.1. The summed E-state index contributed by atoms with van der Waals surface area (Å²) in [5.74, 6) is 0.748. The Morgan fingerprint density at radius 2 is 2.20 bits per heavy atom. The highest BCUT2D eigenvalue weighted by Gasteiger charge is 2.07. The van der Waals surface area contributed by atoms with Crippen molar-refractivity contribution in [3.8, 4) is 6.07 Å². The van der Waals surface area contributed by atoms with Crippen LogP contribution in [0, 0.1) is 11.3 Å². The van der Waals surface area contributed by atoms with Gasteiger partial charge in [0.25, 0.3) is 0 Å². The number of hydroxylamine groups is 1. The van der Waals surface area contributed by atoms with Crippen LogP contribution in [0.1, 0.15) is 27.7 Å². The molecule has 20 heavy (non-hydrogen) atoms. The van der Waals surface area contributed by atoms with Gasteiger partial charge in [-0.05, 0) is 31.2 Å². The van der Waals surface area contributed by atoms with Gasteiger partial charge in [0.05, 0.1) is 17.3 Å². The molecule has 0 bridgehead atoms. The molecule has 0 amide bonds. The third-order valence-corrected chi connectivity index (χ3v) is 3.30. The Balaban J connectivity index is 2.30. The highest BCUT2D eigenvalue weighted by atomic mass is 127. The smallest absolute Gasteiger partial charge is 0.176 e. The van der Waals surface area contributed by atoms with Crippen molar-refractivity contribution in [1.82, 2.24) is 15.7 Å². The Labute approximate surface area is 129 Å². The van der Waals surface area contributed by atoms with Crippen molar-refractivity contribution < 1.29 is 5.21 Å². The molecule has 7 heteroatoms. The van der Waals surface area contributed by atoms with Crippen molar-refractivity contribution in [1.29, 1.82) is 5.26 Å². The molecule has 0 saturated carbocycles. The van der Waals surface area contributed by atoms with E-state index in [1.54, 1.807) is 24.3 Å². The second kappa shape index (κ2) is 6.49. The molecular formula is C13H12IN5O. The molecule has 0 radical (unpaired) electrons. The van der Waals surface area contributed by atoms with Crippen LogP contribution in [0.2, 0.25) is 0 Å². The van der Waals surface area contributed by atoms with Crippen LogP contribution in [0.5, 0.6) is 0 Å². The molecule has 0 fully saturated rings. The Morgan fingerprint density at radius 3 is 2.70 bits per heavy atom. The summed E-state index contributed by atoms with van der Waals surface area (Å²) < 4.78 is 0.296. The lowest BCUT2D eigenvalue weighted by Crippen LogP contribution is -2.19. The summed E-state index contributed by atoms with van der Waals surface area (Å²) in [5, 5.41) is 24.9. The number of H-pyrrole nitrogens is 1. The second-order valence-electron chi connectivity index (χ2n) is 4.06. The monoisotopic (exact) mass is 381 g/mol. The molecule has 0 saturated heterocycles. The van der Waals surface area contributed by atoms with Crippen LogP contribution in [0.25, 0.3) is 0 Å². The molecule has 0 aliphatic carbocycles. The molecule has 1 aromatic carbocycles. The van der Waals surface area contributed by atoms with Gasteiger partial charge in [-0.2, -0.15) is 10.4 Å². The third-order valence-electron chi connectivity index (χ3n) is 2.63. The van der Waals surface area contributed by atoms with Crippen LogP contribution < -0.4 is 5.48 Å². The van der Waals surface area contributed by atoms with Crippen molar-refractivity contribution in [3.63, 3.8) is 0 Å². The first-order chi connectivity index (χ1) is 9.63. The quantitative estimate of drug-likeness (QED) is 0.250. The summed E-state index contributed by atoms with van der Waals surface area (Å²) >= 11 is 2.27. The number of aliphatic imine (C=N–C) groups is 1. The van der Waals surface area contributed by atoms with Gasteiger partial charge in [0.2, 0.25) is 0 Å². The van der Waals surface area contributed by atoms with Crippen LogP contribution in [0.3, 0.4) is 0 Å². The van der Waals surface area contributed by atoms with E-state index in [0.717, 1.165) is 5.69 Å². The Morgan fingerprint density at radius 1 is 1.50 bits per heavy atom. The first-order valence-electron chi connectivity index (χ1n) is 5.82. The lowest BCUT2D eigenvalue weighted by atomic mass is 10.1. The molecule has 1 atom stereocenters. The number of aromatic amines is 1. The Kier molecular flexibility index (Phi) is 4.70. The Hall–Kier alpha value is -1.92. The Bertz CT molecular complexity index is 654. The van der Waals surface area contributed by atoms with Crippen LogP contribution in [0.15, 0.2) is 35.3 Å². The lowest BCUT2D eigenvalue weighted by molar-refractivity contribution is 0.235. The van der Waals surface area contributed by atoms with E-state index < -0.39 is 0 Å². The van der Waals surface area contributed by atoms with E-state index in [9.17, 15) is 5.21 Å². The molecule has 102 valence electrons. The summed E-state index contributed by atoms with van der Waals surface area (Å²) in [4.78, 5) is 4.23. The van der Waals surface area contributed by atoms with Gasteiger partial charge in [0, 0.05) is 15.6 Å². The molecule has 1 heterocycles. The number of nitrogens with one attached hydrogen (secondary N) is 2. The zero-order valence-electron chi connectivity index (χ0n) is 10.6. The van der Waals surface area contributed by atoms with Crippen molar-refractivity contribution >= 4 is 34.2 Å². The number of aromatic nitrogens is 2. The van der Waals surface area contributed by atoms with Crippen LogP contribution in [-0.4, -0.2) is 21.2 Å². The lowest BCUT2D eigenvalue weighted by Gasteiger charge is -2.03. The van der Waals surface area contributed by atoms with Crippen LogP contribution >= 0.6 is 22.6 Å². The number of hydrogen-bond acceptors (Lipinski definition) is 4. The van der Waals surface area contributed by atoms with Crippen LogP contribution in [0.4, 0.5) is 5.82 Å². The summed E-state index contributed by atoms with van der Waals surface area (Å²) in [6.07, 6.45) is 0. The van der Waals surface area contributed by atoms with Gasteiger partial charge in [0.1, 0.15) is 0 Å². The molecule has 0 aliphatic heterocycles. The minimum Gasteiger partial charge on any atom is -0.290 e. The van der Waals surface area contributed by atoms with Gasteiger partial charge in [-0.1, -0.05) is 22.6 Å². The van der Waals surface area contributed by atoms with Gasteiger partial charge in [0.15, 0.2) is 11.7 Å². The minimum atomic E-state index is 0.272. The van der Waals surface area contributed by atoms with Gasteiger partial charge < -0.3 is 0 Å². The standard InChI is InChI=1S/C13H12IN5O/c1-8(14)11-6-12(18-17-11)16-13(19-20)10-4-2-9(7-15)3-5-10/h2-6,8,20H,1H3,(H2,16,17,18,19). The maximum Gasteiger partial charge on any atom is 0.176 e. The molecule has 1 unspecified atom stereocenters. The second-order valence-corrected chi connectivity index (χ2v) is 5.93. The van der Waals surface area contributed by atoms with Gasteiger partial charge in [-0.15, -0.1) is 0 Å². The van der Waals surface area contributed by atoms with Crippen molar-refractivity contribution in [3.05, 3.63) is 47.2 Å². The minimum absolute atomic E-state index is 0.272. The topological polar surface area (TPSA) is 97.1 Å². The molecular weight excluding hydrogens is 369 g/mol. The predicted molar refractivity (Wildman–Crippen MR) is 83.3 cm³/mol. The normalized spacial score (nSPS) is 12.8. The number of halogens is 1. The number of alkyl halides is 1.